The highest BCUT2D eigenvalue weighted by Crippen LogP contribution is 2.37. The maximum absolute atomic E-state index is 6.10. The minimum atomic E-state index is 0.698. The van der Waals surface area contributed by atoms with E-state index >= 15 is 0 Å². The van der Waals surface area contributed by atoms with Crippen molar-refractivity contribution in [3.05, 3.63) is 72.0 Å². The second-order valence-corrected chi connectivity index (χ2v) is 9.79. The van der Waals surface area contributed by atoms with Crippen molar-refractivity contribution in [1.29, 1.82) is 0 Å². The van der Waals surface area contributed by atoms with E-state index in [1.165, 1.54) is 37.9 Å². The molecule has 5 nitrogen and oxygen atoms in total. The number of fused-ring (bicyclic) bond motifs is 1. The number of hydrogen-bond acceptors (Lipinski definition) is 4. The minimum absolute atomic E-state index is 0.698. The molecule has 37 heavy (non-hydrogen) atoms. The van der Waals surface area contributed by atoms with Crippen molar-refractivity contribution in [3.8, 4) is 22.6 Å². The highest BCUT2D eigenvalue weighted by molar-refractivity contribution is 6.30. The summed E-state index contributed by atoms with van der Waals surface area (Å²) in [5, 5.41) is 0.747. The van der Waals surface area contributed by atoms with Crippen molar-refractivity contribution in [2.75, 3.05) is 44.8 Å². The van der Waals surface area contributed by atoms with Gasteiger partial charge < -0.3 is 23.8 Å². The Kier molecular flexibility index (Phi) is 9.59. The van der Waals surface area contributed by atoms with Crippen LogP contribution >= 0.6 is 11.6 Å². The molecule has 3 heterocycles. The minimum Gasteiger partial charge on any atom is -0.493 e. The van der Waals surface area contributed by atoms with Gasteiger partial charge in [0, 0.05) is 48.2 Å². The molecule has 0 spiro atoms. The fraction of sp³-hybridized carbons (Fsp3) is 0.419. The summed E-state index contributed by atoms with van der Waals surface area (Å²) in [7, 11) is 1.70. The zero-order chi connectivity index (χ0) is 26.2. The summed E-state index contributed by atoms with van der Waals surface area (Å²) in [6.45, 7) is 14.4. The SMILES string of the molecule is C=C1c2cc(-c3ccc(Cl)cc3)cn2CCN1c1ccc(OCCCN2CCCCC2)c(OC)c1.CC. The molecule has 3 aromatic rings. The van der Waals surface area contributed by atoms with Gasteiger partial charge in [-0.1, -0.05) is 50.6 Å². The quantitative estimate of drug-likeness (QED) is 0.286. The Labute approximate surface area is 227 Å². The van der Waals surface area contributed by atoms with E-state index in [0.717, 1.165) is 65.2 Å². The van der Waals surface area contributed by atoms with Crippen LogP contribution in [0.1, 0.15) is 45.2 Å². The van der Waals surface area contributed by atoms with Crippen molar-refractivity contribution < 1.29 is 9.47 Å². The van der Waals surface area contributed by atoms with Gasteiger partial charge in [-0.05, 0) is 68.2 Å². The first-order valence-corrected chi connectivity index (χ1v) is 14.0. The zero-order valence-electron chi connectivity index (χ0n) is 22.5. The molecule has 0 N–H and O–H groups in total. The lowest BCUT2D eigenvalue weighted by Crippen LogP contribution is -2.31. The van der Waals surface area contributed by atoms with Gasteiger partial charge >= 0.3 is 0 Å². The Morgan fingerprint density at radius 2 is 1.62 bits per heavy atom. The summed E-state index contributed by atoms with van der Waals surface area (Å²) < 4.78 is 14.1. The molecule has 0 atom stereocenters. The van der Waals surface area contributed by atoms with E-state index in [1.807, 2.05) is 32.0 Å². The van der Waals surface area contributed by atoms with E-state index in [9.17, 15) is 0 Å². The van der Waals surface area contributed by atoms with Gasteiger partial charge in [-0.3, -0.25) is 0 Å². The average Bonchev–Trinajstić information content (AvgIpc) is 3.39. The molecule has 1 saturated heterocycles. The fourth-order valence-corrected chi connectivity index (χ4v) is 5.23. The molecule has 6 heteroatoms. The summed E-state index contributed by atoms with van der Waals surface area (Å²) in [6.07, 6.45) is 7.24. The van der Waals surface area contributed by atoms with Crippen LogP contribution in [-0.4, -0.2) is 49.4 Å². The molecule has 2 aliphatic rings. The summed E-state index contributed by atoms with van der Waals surface area (Å²) in [6, 6.07) is 16.4. The molecule has 0 aliphatic carbocycles. The number of rotatable bonds is 8. The molecule has 5 rings (SSSR count). The molecule has 2 aromatic carbocycles. The standard InChI is InChI=1S/C29H34ClN3O2.C2H6/c1-22-27-19-24(23-7-9-25(30)10-8-23)21-32(27)16-17-33(22)26-11-12-28(29(20-26)34-2)35-18-6-15-31-13-4-3-5-14-31;1-2/h7-12,19-21H,1,3-6,13-18H2,2H3;1-2H3. The Morgan fingerprint density at radius 1 is 0.865 bits per heavy atom. The first-order valence-electron chi connectivity index (χ1n) is 13.6. The summed E-state index contributed by atoms with van der Waals surface area (Å²) >= 11 is 6.07. The predicted octanol–water partition coefficient (Wildman–Crippen LogP) is 7.59. The number of nitrogens with zero attached hydrogens (tertiary/aromatic N) is 3. The van der Waals surface area contributed by atoms with Gasteiger partial charge in [0.15, 0.2) is 11.5 Å². The summed E-state index contributed by atoms with van der Waals surface area (Å²) in [5.41, 5.74) is 5.49. The van der Waals surface area contributed by atoms with Gasteiger partial charge in [-0.2, -0.15) is 0 Å². The van der Waals surface area contributed by atoms with E-state index in [4.69, 9.17) is 21.1 Å². The largest absolute Gasteiger partial charge is 0.493 e. The third-order valence-corrected chi connectivity index (χ3v) is 7.30. The van der Waals surface area contributed by atoms with Gasteiger partial charge in [0.1, 0.15) is 0 Å². The number of ether oxygens (including phenoxy) is 2. The smallest absolute Gasteiger partial charge is 0.162 e. The van der Waals surface area contributed by atoms with E-state index < -0.39 is 0 Å². The number of aromatic nitrogens is 1. The van der Waals surface area contributed by atoms with Crippen LogP contribution in [0.15, 0.2) is 61.3 Å². The third kappa shape index (κ3) is 6.52. The molecule has 0 unspecified atom stereocenters. The van der Waals surface area contributed by atoms with Crippen LogP contribution in [0.25, 0.3) is 16.8 Å². The van der Waals surface area contributed by atoms with Gasteiger partial charge in [-0.15, -0.1) is 0 Å². The molecular weight excluding hydrogens is 482 g/mol. The van der Waals surface area contributed by atoms with Crippen LogP contribution in [0, 0.1) is 0 Å². The van der Waals surface area contributed by atoms with Crippen LogP contribution in [0.4, 0.5) is 5.69 Å². The van der Waals surface area contributed by atoms with Gasteiger partial charge in [-0.25, -0.2) is 0 Å². The maximum atomic E-state index is 6.10. The van der Waals surface area contributed by atoms with Crippen LogP contribution in [0.5, 0.6) is 11.5 Å². The van der Waals surface area contributed by atoms with Gasteiger partial charge in [0.2, 0.25) is 0 Å². The first-order chi connectivity index (χ1) is 18.1. The highest BCUT2D eigenvalue weighted by Gasteiger charge is 2.23. The first kappa shape index (κ1) is 27.2. The van der Waals surface area contributed by atoms with Crippen LogP contribution < -0.4 is 14.4 Å². The van der Waals surface area contributed by atoms with Crippen molar-refractivity contribution in [3.63, 3.8) is 0 Å². The van der Waals surface area contributed by atoms with Gasteiger partial charge in [0.25, 0.3) is 0 Å². The third-order valence-electron chi connectivity index (χ3n) is 7.04. The van der Waals surface area contributed by atoms with E-state index in [0.29, 0.717) is 6.61 Å². The molecule has 0 amide bonds. The van der Waals surface area contributed by atoms with Gasteiger partial charge in [0.05, 0.1) is 25.1 Å². The molecule has 198 valence electrons. The van der Waals surface area contributed by atoms with Crippen molar-refractivity contribution in [1.82, 2.24) is 9.47 Å². The molecule has 2 aliphatic heterocycles. The number of hydrogen-bond donors (Lipinski definition) is 0. The summed E-state index contributed by atoms with van der Waals surface area (Å²) in [5.74, 6) is 1.56. The number of anilines is 1. The second kappa shape index (κ2) is 13.1. The lowest BCUT2D eigenvalue weighted by Gasteiger charge is -2.32. The normalized spacial score (nSPS) is 15.6. The van der Waals surface area contributed by atoms with E-state index in [1.54, 1.807) is 7.11 Å². The monoisotopic (exact) mass is 521 g/mol. The highest BCUT2D eigenvalue weighted by atomic mass is 35.5. The molecule has 1 fully saturated rings. The molecule has 0 bridgehead atoms. The lowest BCUT2D eigenvalue weighted by molar-refractivity contribution is 0.203. The Hall–Kier alpha value is -2.89. The average molecular weight is 522 g/mol. The van der Waals surface area contributed by atoms with Crippen molar-refractivity contribution >= 4 is 23.0 Å². The fourth-order valence-electron chi connectivity index (χ4n) is 5.10. The number of halogens is 1. The van der Waals surface area contributed by atoms with E-state index in [2.05, 4.69) is 57.5 Å². The summed E-state index contributed by atoms with van der Waals surface area (Å²) in [4.78, 5) is 4.80. The van der Waals surface area contributed by atoms with Crippen LogP contribution in [0.3, 0.4) is 0 Å². The molecular formula is C31H40ClN3O2. The molecule has 0 saturated carbocycles. The predicted molar refractivity (Wildman–Crippen MR) is 156 cm³/mol. The Bertz CT molecular complexity index is 1170. The molecule has 1 aromatic heterocycles. The van der Waals surface area contributed by atoms with Crippen molar-refractivity contribution in [2.24, 2.45) is 0 Å². The Morgan fingerprint density at radius 3 is 2.35 bits per heavy atom. The number of methoxy groups -OCH3 is 1. The number of piperidine rings is 1. The van der Waals surface area contributed by atoms with Crippen molar-refractivity contribution in [2.45, 2.75) is 46.1 Å². The molecule has 0 radical (unpaired) electrons. The van der Waals surface area contributed by atoms with Crippen LogP contribution in [0.2, 0.25) is 5.02 Å². The lowest BCUT2D eigenvalue weighted by atomic mass is 10.1. The van der Waals surface area contributed by atoms with E-state index in [-0.39, 0.29) is 0 Å². The number of likely N-dealkylation sites (tertiary alicyclic amines) is 1. The topological polar surface area (TPSA) is 29.9 Å². The second-order valence-electron chi connectivity index (χ2n) is 9.35. The van der Waals surface area contributed by atoms with Crippen LogP contribution in [-0.2, 0) is 6.54 Å². The maximum Gasteiger partial charge on any atom is 0.162 e. The Balaban J connectivity index is 0.00000156. The number of benzene rings is 2. The zero-order valence-corrected chi connectivity index (χ0v) is 23.3.